The lowest BCUT2D eigenvalue weighted by Gasteiger charge is -2.08. The second-order valence-electron chi connectivity index (χ2n) is 6.05. The third-order valence-corrected chi connectivity index (χ3v) is 4.08. The van der Waals surface area contributed by atoms with Gasteiger partial charge in [0.15, 0.2) is 0 Å². The van der Waals surface area contributed by atoms with Crippen molar-refractivity contribution < 1.29 is 39.6 Å². The Morgan fingerprint density at radius 1 is 0.467 bits per heavy atom. The maximum Gasteiger partial charge on any atom is 0.354 e. The van der Waals surface area contributed by atoms with Crippen LogP contribution in [0.15, 0.2) is 48.5 Å². The largest absolute Gasteiger partial charge is 0.477 e. The van der Waals surface area contributed by atoms with Crippen LogP contribution in [0.1, 0.15) is 42.0 Å². The molecule has 0 bridgehead atoms. The van der Waals surface area contributed by atoms with E-state index in [1.54, 1.807) is 24.3 Å². The highest BCUT2D eigenvalue weighted by Crippen LogP contribution is 2.27. The Labute approximate surface area is 167 Å². The van der Waals surface area contributed by atoms with Crippen LogP contribution in [0.4, 0.5) is 0 Å². The number of rotatable bonds is 6. The number of hydrogen-bond donors (Lipinski definition) is 4. The maximum absolute atomic E-state index is 11.2. The highest BCUT2D eigenvalue weighted by molar-refractivity contribution is 5.94. The van der Waals surface area contributed by atoms with Gasteiger partial charge in [0.2, 0.25) is 0 Å². The number of carboxylic acid groups (broad SMARTS) is 4. The van der Waals surface area contributed by atoms with E-state index in [0.717, 1.165) is 0 Å². The van der Waals surface area contributed by atoms with Crippen LogP contribution in [0.5, 0.6) is 0 Å². The molecular formula is C20H12N2O8. The quantitative estimate of drug-likeness (QED) is 0.474. The van der Waals surface area contributed by atoms with Crippen molar-refractivity contribution in [1.29, 1.82) is 0 Å². The number of benzene rings is 1. The molecule has 2 heterocycles. The fourth-order valence-corrected chi connectivity index (χ4v) is 2.69. The second kappa shape index (κ2) is 7.80. The smallest absolute Gasteiger partial charge is 0.354 e. The summed E-state index contributed by atoms with van der Waals surface area (Å²) >= 11 is 0. The van der Waals surface area contributed by atoms with Gasteiger partial charge in [-0.3, -0.25) is 0 Å². The highest BCUT2D eigenvalue weighted by Gasteiger charge is 2.16. The van der Waals surface area contributed by atoms with E-state index in [-0.39, 0.29) is 0 Å². The SMILES string of the molecule is O=C(O)c1cc(-c2ccc(-c3cc(C(=O)O)nc(C(=O)O)c3)cc2)cc(C(=O)O)n1. The van der Waals surface area contributed by atoms with E-state index in [2.05, 4.69) is 9.97 Å². The summed E-state index contributed by atoms with van der Waals surface area (Å²) in [5.74, 6) is -5.52. The van der Waals surface area contributed by atoms with Crippen LogP contribution in [-0.2, 0) is 0 Å². The Bertz CT molecular complexity index is 1040. The van der Waals surface area contributed by atoms with Crippen LogP contribution in [0.3, 0.4) is 0 Å². The molecule has 30 heavy (non-hydrogen) atoms. The van der Waals surface area contributed by atoms with Gasteiger partial charge in [-0.2, -0.15) is 0 Å². The third kappa shape index (κ3) is 4.12. The number of pyridine rings is 2. The minimum Gasteiger partial charge on any atom is -0.477 e. The molecule has 0 spiro atoms. The van der Waals surface area contributed by atoms with Crippen molar-refractivity contribution in [3.05, 3.63) is 71.3 Å². The van der Waals surface area contributed by atoms with E-state index in [1.807, 2.05) is 0 Å². The lowest BCUT2D eigenvalue weighted by atomic mass is 9.99. The summed E-state index contributed by atoms with van der Waals surface area (Å²) < 4.78 is 0. The fourth-order valence-electron chi connectivity index (χ4n) is 2.69. The lowest BCUT2D eigenvalue weighted by molar-refractivity contribution is 0.0664. The number of aromatic carboxylic acids is 4. The zero-order chi connectivity index (χ0) is 22.0. The first-order valence-electron chi connectivity index (χ1n) is 8.24. The highest BCUT2D eigenvalue weighted by atomic mass is 16.4. The summed E-state index contributed by atoms with van der Waals surface area (Å²) in [5.41, 5.74) is -0.146. The molecule has 0 amide bonds. The summed E-state index contributed by atoms with van der Waals surface area (Å²) in [6.45, 7) is 0. The predicted molar refractivity (Wildman–Crippen MR) is 101 cm³/mol. The first kappa shape index (κ1) is 20.1. The number of aromatic nitrogens is 2. The molecule has 10 nitrogen and oxygen atoms in total. The van der Waals surface area contributed by atoms with Crippen LogP contribution < -0.4 is 0 Å². The average Bonchev–Trinajstić information content (AvgIpc) is 2.73. The molecule has 1 aromatic carbocycles. The Kier molecular flexibility index (Phi) is 5.23. The molecule has 0 aliphatic heterocycles. The van der Waals surface area contributed by atoms with Crippen LogP contribution in [0.2, 0.25) is 0 Å². The van der Waals surface area contributed by atoms with Crippen LogP contribution >= 0.6 is 0 Å². The number of carboxylic acids is 4. The molecule has 0 radical (unpaired) electrons. The van der Waals surface area contributed by atoms with Gasteiger partial charge in [0.25, 0.3) is 0 Å². The Balaban J connectivity index is 2.06. The molecule has 3 rings (SSSR count). The molecule has 0 atom stereocenters. The maximum atomic E-state index is 11.2. The van der Waals surface area contributed by atoms with Gasteiger partial charge in [0, 0.05) is 0 Å². The van der Waals surface area contributed by atoms with E-state index < -0.39 is 46.7 Å². The van der Waals surface area contributed by atoms with E-state index in [9.17, 15) is 19.2 Å². The van der Waals surface area contributed by atoms with Gasteiger partial charge >= 0.3 is 23.9 Å². The molecule has 150 valence electrons. The predicted octanol–water partition coefficient (Wildman–Crippen LogP) is 2.60. The minimum absolute atomic E-state index is 0.304. The van der Waals surface area contributed by atoms with Gasteiger partial charge in [-0.15, -0.1) is 0 Å². The van der Waals surface area contributed by atoms with Crippen molar-refractivity contribution >= 4 is 23.9 Å². The number of nitrogens with zero attached hydrogens (tertiary/aromatic N) is 2. The van der Waals surface area contributed by atoms with Gasteiger partial charge in [-0.25, -0.2) is 29.1 Å². The van der Waals surface area contributed by atoms with Crippen LogP contribution in [0, 0.1) is 0 Å². The molecule has 0 fully saturated rings. The molecule has 10 heteroatoms. The Morgan fingerprint density at radius 2 is 0.700 bits per heavy atom. The topological polar surface area (TPSA) is 175 Å². The molecule has 0 aliphatic rings. The van der Waals surface area contributed by atoms with Crippen molar-refractivity contribution in [2.24, 2.45) is 0 Å². The summed E-state index contributed by atoms with van der Waals surface area (Å²) in [6, 6.07) is 11.1. The van der Waals surface area contributed by atoms with E-state index in [0.29, 0.717) is 22.3 Å². The zero-order valence-electron chi connectivity index (χ0n) is 14.9. The van der Waals surface area contributed by atoms with Gasteiger partial charge in [0.1, 0.15) is 22.8 Å². The molecule has 2 aromatic heterocycles. The van der Waals surface area contributed by atoms with E-state index in [1.165, 1.54) is 24.3 Å². The molecule has 0 saturated carbocycles. The van der Waals surface area contributed by atoms with E-state index >= 15 is 0 Å². The van der Waals surface area contributed by atoms with Gasteiger partial charge in [-0.1, -0.05) is 24.3 Å². The van der Waals surface area contributed by atoms with Gasteiger partial charge in [0.05, 0.1) is 0 Å². The second-order valence-corrected chi connectivity index (χ2v) is 6.05. The Hall–Kier alpha value is -4.60. The molecule has 4 N–H and O–H groups in total. The monoisotopic (exact) mass is 408 g/mol. The molecule has 0 saturated heterocycles. The summed E-state index contributed by atoms with van der Waals surface area (Å²) in [5, 5.41) is 36.6. The van der Waals surface area contributed by atoms with Crippen molar-refractivity contribution in [3.63, 3.8) is 0 Å². The fraction of sp³-hybridized carbons (Fsp3) is 0. The number of hydrogen-bond acceptors (Lipinski definition) is 6. The van der Waals surface area contributed by atoms with Gasteiger partial charge in [-0.05, 0) is 46.5 Å². The van der Waals surface area contributed by atoms with Crippen molar-refractivity contribution in [3.8, 4) is 22.3 Å². The lowest BCUT2D eigenvalue weighted by Crippen LogP contribution is -2.08. The standard InChI is InChI=1S/C20H12N2O8/c23-17(24)13-5-11(6-14(21-13)18(25)26)9-1-2-10(4-3-9)12-7-15(19(27)28)22-16(8-12)20(29)30/h1-8H,(H,23,24)(H,25,26)(H,27,28)(H,29,30). The molecule has 0 aliphatic carbocycles. The Morgan fingerprint density at radius 3 is 0.900 bits per heavy atom. The average molecular weight is 408 g/mol. The minimum atomic E-state index is -1.38. The summed E-state index contributed by atoms with van der Waals surface area (Å²) in [6.07, 6.45) is 0. The molecule has 3 aromatic rings. The molecular weight excluding hydrogens is 396 g/mol. The zero-order valence-corrected chi connectivity index (χ0v) is 14.9. The van der Waals surface area contributed by atoms with Gasteiger partial charge < -0.3 is 20.4 Å². The van der Waals surface area contributed by atoms with Crippen molar-refractivity contribution in [2.45, 2.75) is 0 Å². The van der Waals surface area contributed by atoms with Crippen molar-refractivity contribution in [1.82, 2.24) is 9.97 Å². The van der Waals surface area contributed by atoms with Crippen LogP contribution in [0.25, 0.3) is 22.3 Å². The summed E-state index contributed by atoms with van der Waals surface area (Å²) in [7, 11) is 0. The van der Waals surface area contributed by atoms with Crippen molar-refractivity contribution in [2.75, 3.05) is 0 Å². The van der Waals surface area contributed by atoms with Crippen LogP contribution in [-0.4, -0.2) is 54.3 Å². The molecule has 0 unspecified atom stereocenters. The normalized spacial score (nSPS) is 10.4. The summed E-state index contributed by atoms with van der Waals surface area (Å²) in [4.78, 5) is 52.0. The first-order valence-corrected chi connectivity index (χ1v) is 8.24. The number of carbonyl (C=O) groups is 4. The first-order chi connectivity index (χ1) is 14.2. The van der Waals surface area contributed by atoms with E-state index in [4.69, 9.17) is 20.4 Å². The third-order valence-electron chi connectivity index (χ3n) is 4.08.